The summed E-state index contributed by atoms with van der Waals surface area (Å²) in [7, 11) is 3.13. The van der Waals surface area contributed by atoms with Gasteiger partial charge in [-0.3, -0.25) is 9.59 Å². The van der Waals surface area contributed by atoms with Gasteiger partial charge >= 0.3 is 0 Å². The molecule has 2 aromatic carbocycles. The summed E-state index contributed by atoms with van der Waals surface area (Å²) in [5, 5.41) is 0. The largest absolute Gasteiger partial charge is 0.493 e. The van der Waals surface area contributed by atoms with E-state index in [1.165, 1.54) is 4.90 Å². The molecule has 0 bridgehead atoms. The Balaban J connectivity index is 1.85. The molecule has 0 N–H and O–H groups in total. The fraction of sp³-hybridized carbons (Fsp3) is 0.360. The van der Waals surface area contributed by atoms with Gasteiger partial charge in [0.25, 0.3) is 11.8 Å². The maximum absolute atomic E-state index is 13.7. The first kappa shape index (κ1) is 21.0. The number of hydrogen-bond donors (Lipinski definition) is 0. The number of hydrogen-bond acceptors (Lipinski definition) is 5. The first-order chi connectivity index (χ1) is 15.0. The van der Waals surface area contributed by atoms with Crippen LogP contribution in [0, 0.1) is 12.8 Å². The van der Waals surface area contributed by atoms with Crippen LogP contribution in [-0.4, -0.2) is 44.0 Å². The van der Waals surface area contributed by atoms with Crippen LogP contribution in [0.5, 0.6) is 11.5 Å². The van der Waals surface area contributed by atoms with Crippen molar-refractivity contribution in [2.24, 2.45) is 5.92 Å². The molecule has 0 radical (unpaired) electrons. The number of nitrogens with zero attached hydrogens (tertiary/aromatic N) is 2. The molecule has 0 aromatic heterocycles. The van der Waals surface area contributed by atoms with Gasteiger partial charge in [0, 0.05) is 13.1 Å². The standard InChI is InChI=1S/C25H28N2O4/c1-16-11-13-26(14-12-16)23-22(18-9-10-20(30-3)21(15-18)31-4)24(28)27(25(23)29)19-8-6-5-7-17(19)2/h5-10,15-16H,11-14H2,1-4H3. The Morgan fingerprint density at radius 2 is 1.58 bits per heavy atom. The van der Waals surface area contributed by atoms with E-state index in [1.54, 1.807) is 26.4 Å². The van der Waals surface area contributed by atoms with Gasteiger partial charge in [0.05, 0.1) is 25.5 Å². The van der Waals surface area contributed by atoms with Gasteiger partial charge in [0.2, 0.25) is 0 Å². The van der Waals surface area contributed by atoms with Gasteiger partial charge in [-0.25, -0.2) is 4.90 Å². The van der Waals surface area contributed by atoms with Crippen LogP contribution >= 0.6 is 0 Å². The quantitative estimate of drug-likeness (QED) is 0.684. The van der Waals surface area contributed by atoms with E-state index in [4.69, 9.17) is 9.47 Å². The highest BCUT2D eigenvalue weighted by Crippen LogP contribution is 2.39. The Morgan fingerprint density at radius 1 is 0.903 bits per heavy atom. The molecule has 0 atom stereocenters. The van der Waals surface area contributed by atoms with Crippen LogP contribution in [0.25, 0.3) is 5.57 Å². The zero-order chi connectivity index (χ0) is 22.1. The third kappa shape index (κ3) is 3.67. The second-order valence-corrected chi connectivity index (χ2v) is 8.20. The Bertz CT molecular complexity index is 1050. The number of para-hydroxylation sites is 1. The molecule has 0 unspecified atom stereocenters. The molecule has 2 aromatic rings. The summed E-state index contributed by atoms with van der Waals surface area (Å²) in [5.41, 5.74) is 3.05. The van der Waals surface area contributed by atoms with Crippen LogP contribution < -0.4 is 14.4 Å². The van der Waals surface area contributed by atoms with Crippen molar-refractivity contribution in [1.29, 1.82) is 0 Å². The predicted octanol–water partition coefficient (Wildman–Crippen LogP) is 4.03. The van der Waals surface area contributed by atoms with E-state index in [0.717, 1.165) is 31.5 Å². The van der Waals surface area contributed by atoms with E-state index in [1.807, 2.05) is 37.3 Å². The molecule has 162 valence electrons. The summed E-state index contributed by atoms with van der Waals surface area (Å²) >= 11 is 0. The average Bonchev–Trinajstić information content (AvgIpc) is 3.04. The van der Waals surface area contributed by atoms with Crippen molar-refractivity contribution in [3.05, 3.63) is 59.3 Å². The molecule has 4 rings (SSSR count). The second kappa shape index (κ2) is 8.46. The van der Waals surface area contributed by atoms with E-state index in [-0.39, 0.29) is 11.8 Å². The summed E-state index contributed by atoms with van der Waals surface area (Å²) in [6, 6.07) is 12.8. The van der Waals surface area contributed by atoms with E-state index in [0.29, 0.717) is 39.9 Å². The molecule has 2 heterocycles. The number of amides is 2. The van der Waals surface area contributed by atoms with Crippen molar-refractivity contribution in [3.8, 4) is 11.5 Å². The average molecular weight is 421 g/mol. The third-order valence-electron chi connectivity index (χ3n) is 6.19. The summed E-state index contributed by atoms with van der Waals surface area (Å²) < 4.78 is 10.8. The van der Waals surface area contributed by atoms with Gasteiger partial charge in [0.1, 0.15) is 5.70 Å². The lowest BCUT2D eigenvalue weighted by molar-refractivity contribution is -0.120. The van der Waals surface area contributed by atoms with Crippen LogP contribution in [0.4, 0.5) is 5.69 Å². The van der Waals surface area contributed by atoms with E-state index >= 15 is 0 Å². The fourth-order valence-electron chi connectivity index (χ4n) is 4.33. The smallest absolute Gasteiger partial charge is 0.282 e. The molecule has 2 aliphatic heterocycles. The van der Waals surface area contributed by atoms with Crippen LogP contribution in [0.2, 0.25) is 0 Å². The van der Waals surface area contributed by atoms with E-state index in [2.05, 4.69) is 11.8 Å². The second-order valence-electron chi connectivity index (χ2n) is 8.20. The molecule has 0 spiro atoms. The molecular formula is C25H28N2O4. The number of carbonyl (C=O) groups is 2. The number of piperidine rings is 1. The highest BCUT2D eigenvalue weighted by Gasteiger charge is 2.43. The molecule has 2 aliphatic rings. The Labute approximate surface area is 183 Å². The summed E-state index contributed by atoms with van der Waals surface area (Å²) in [5.74, 6) is 1.14. The fourth-order valence-corrected chi connectivity index (χ4v) is 4.33. The van der Waals surface area contributed by atoms with Crippen molar-refractivity contribution in [3.63, 3.8) is 0 Å². The summed E-state index contributed by atoms with van der Waals surface area (Å²) in [6.07, 6.45) is 1.99. The molecule has 31 heavy (non-hydrogen) atoms. The normalized spacial score (nSPS) is 17.5. The van der Waals surface area contributed by atoms with Crippen molar-refractivity contribution in [1.82, 2.24) is 4.90 Å². The van der Waals surface area contributed by atoms with Gasteiger partial charge in [0.15, 0.2) is 11.5 Å². The zero-order valence-corrected chi connectivity index (χ0v) is 18.5. The van der Waals surface area contributed by atoms with Crippen molar-refractivity contribution in [2.45, 2.75) is 26.7 Å². The topological polar surface area (TPSA) is 59.1 Å². The number of likely N-dealkylation sites (tertiary alicyclic amines) is 1. The number of anilines is 1. The maximum atomic E-state index is 13.7. The van der Waals surface area contributed by atoms with Crippen molar-refractivity contribution < 1.29 is 19.1 Å². The van der Waals surface area contributed by atoms with Crippen LogP contribution in [0.15, 0.2) is 48.2 Å². The van der Waals surface area contributed by atoms with Gasteiger partial charge < -0.3 is 14.4 Å². The minimum atomic E-state index is -0.305. The van der Waals surface area contributed by atoms with Crippen LogP contribution in [0.3, 0.4) is 0 Å². The number of imide groups is 1. The highest BCUT2D eigenvalue weighted by molar-refractivity contribution is 6.45. The third-order valence-corrected chi connectivity index (χ3v) is 6.19. The van der Waals surface area contributed by atoms with Gasteiger partial charge in [-0.1, -0.05) is 31.2 Å². The Hall–Kier alpha value is -3.28. The summed E-state index contributed by atoms with van der Waals surface area (Å²) in [4.78, 5) is 30.7. The molecule has 0 aliphatic carbocycles. The molecular weight excluding hydrogens is 392 g/mol. The lowest BCUT2D eigenvalue weighted by Crippen LogP contribution is -2.38. The number of ether oxygens (including phenoxy) is 2. The predicted molar refractivity (Wildman–Crippen MR) is 120 cm³/mol. The van der Waals surface area contributed by atoms with Gasteiger partial charge in [-0.15, -0.1) is 0 Å². The van der Waals surface area contributed by atoms with Gasteiger partial charge in [-0.2, -0.15) is 0 Å². The molecule has 0 saturated carbocycles. The number of benzene rings is 2. The van der Waals surface area contributed by atoms with Crippen LogP contribution in [-0.2, 0) is 9.59 Å². The molecule has 1 fully saturated rings. The molecule has 1 saturated heterocycles. The number of methoxy groups -OCH3 is 2. The molecule has 6 heteroatoms. The zero-order valence-electron chi connectivity index (χ0n) is 18.5. The first-order valence-corrected chi connectivity index (χ1v) is 10.6. The number of aryl methyl sites for hydroxylation is 1. The maximum Gasteiger partial charge on any atom is 0.282 e. The van der Waals surface area contributed by atoms with Gasteiger partial charge in [-0.05, 0) is 55.0 Å². The molecule has 2 amide bonds. The van der Waals surface area contributed by atoms with Crippen molar-refractivity contribution >= 4 is 23.1 Å². The monoisotopic (exact) mass is 420 g/mol. The summed E-state index contributed by atoms with van der Waals surface area (Å²) in [6.45, 7) is 5.65. The van der Waals surface area contributed by atoms with E-state index < -0.39 is 0 Å². The molecule has 6 nitrogen and oxygen atoms in total. The minimum Gasteiger partial charge on any atom is -0.493 e. The minimum absolute atomic E-state index is 0.265. The first-order valence-electron chi connectivity index (χ1n) is 10.6. The lowest BCUT2D eigenvalue weighted by atomic mass is 9.97. The van der Waals surface area contributed by atoms with E-state index in [9.17, 15) is 9.59 Å². The number of carbonyl (C=O) groups excluding carboxylic acids is 2. The van der Waals surface area contributed by atoms with Crippen LogP contribution in [0.1, 0.15) is 30.9 Å². The SMILES string of the molecule is COc1ccc(C2=C(N3CCC(C)CC3)C(=O)N(c3ccccc3C)C2=O)cc1OC. The van der Waals surface area contributed by atoms with Crippen molar-refractivity contribution in [2.75, 3.05) is 32.2 Å². The Morgan fingerprint density at radius 3 is 2.23 bits per heavy atom. The lowest BCUT2D eigenvalue weighted by Gasteiger charge is -2.32. The Kier molecular flexibility index (Phi) is 5.72. The number of rotatable bonds is 5. The highest BCUT2D eigenvalue weighted by atomic mass is 16.5.